The van der Waals surface area contributed by atoms with E-state index in [1.165, 1.54) is 18.5 Å². The Bertz CT molecular complexity index is 706. The molecule has 3 rings (SSSR count). The van der Waals surface area contributed by atoms with E-state index < -0.39 is 0 Å². The van der Waals surface area contributed by atoms with Crippen LogP contribution >= 0.6 is 0 Å². The summed E-state index contributed by atoms with van der Waals surface area (Å²) in [5.74, 6) is 1.41. The standard InChI is InChI=1S/C18H30N6O/c1-13-15(18(25-5)24(4)21-13)12-19-11-14-7-6-10-22(2)17(14)16-8-9-20-23(16)3/h8-9,14,17,19H,6-7,10-12H2,1-5H3/t14-,17+/m0/s1. The molecule has 1 aliphatic heterocycles. The van der Waals surface area contributed by atoms with Gasteiger partial charge in [0.1, 0.15) is 0 Å². The van der Waals surface area contributed by atoms with E-state index in [4.69, 9.17) is 4.74 Å². The van der Waals surface area contributed by atoms with Crippen LogP contribution in [-0.4, -0.2) is 51.7 Å². The van der Waals surface area contributed by atoms with Gasteiger partial charge in [-0.2, -0.15) is 10.2 Å². The quantitative estimate of drug-likeness (QED) is 0.862. The van der Waals surface area contributed by atoms with E-state index in [-0.39, 0.29) is 0 Å². The number of hydrogen-bond donors (Lipinski definition) is 1. The molecule has 0 unspecified atom stereocenters. The number of likely N-dealkylation sites (tertiary alicyclic amines) is 1. The average Bonchev–Trinajstić information content (AvgIpc) is 3.10. The molecule has 2 atom stereocenters. The van der Waals surface area contributed by atoms with Crippen LogP contribution < -0.4 is 10.1 Å². The highest BCUT2D eigenvalue weighted by Gasteiger charge is 2.32. The molecule has 0 saturated carbocycles. The smallest absolute Gasteiger partial charge is 0.216 e. The first-order chi connectivity index (χ1) is 12.0. The van der Waals surface area contributed by atoms with E-state index in [0.29, 0.717) is 12.0 Å². The first-order valence-electron chi connectivity index (χ1n) is 8.98. The van der Waals surface area contributed by atoms with Gasteiger partial charge in [-0.05, 0) is 45.3 Å². The number of nitrogens with one attached hydrogen (secondary N) is 1. The van der Waals surface area contributed by atoms with Gasteiger partial charge in [-0.25, -0.2) is 4.68 Å². The zero-order valence-electron chi connectivity index (χ0n) is 16.0. The van der Waals surface area contributed by atoms with Gasteiger partial charge in [0.25, 0.3) is 0 Å². The van der Waals surface area contributed by atoms with Crippen LogP contribution in [0.25, 0.3) is 0 Å². The Balaban J connectivity index is 1.68. The predicted molar refractivity (Wildman–Crippen MR) is 97.5 cm³/mol. The summed E-state index contributed by atoms with van der Waals surface area (Å²) >= 11 is 0. The summed E-state index contributed by atoms with van der Waals surface area (Å²) in [5.41, 5.74) is 3.46. The van der Waals surface area contributed by atoms with Gasteiger partial charge in [0, 0.05) is 33.4 Å². The number of ether oxygens (including phenoxy) is 1. The zero-order valence-corrected chi connectivity index (χ0v) is 16.0. The maximum absolute atomic E-state index is 5.49. The fourth-order valence-corrected chi connectivity index (χ4v) is 4.14. The molecule has 1 aliphatic rings. The topological polar surface area (TPSA) is 60.1 Å². The van der Waals surface area contributed by atoms with Crippen molar-refractivity contribution < 1.29 is 4.74 Å². The van der Waals surface area contributed by atoms with Gasteiger partial charge >= 0.3 is 0 Å². The number of rotatable bonds is 6. The average molecular weight is 346 g/mol. The molecular formula is C18H30N6O. The predicted octanol–water partition coefficient (Wildman–Crippen LogP) is 1.64. The van der Waals surface area contributed by atoms with Crippen LogP contribution in [0.3, 0.4) is 0 Å². The summed E-state index contributed by atoms with van der Waals surface area (Å²) in [4.78, 5) is 2.46. The van der Waals surface area contributed by atoms with E-state index in [2.05, 4.69) is 33.5 Å². The lowest BCUT2D eigenvalue weighted by Crippen LogP contribution is -2.41. The number of aryl methyl sites for hydroxylation is 3. The molecule has 0 bridgehead atoms. The van der Waals surface area contributed by atoms with Gasteiger partial charge in [0.15, 0.2) is 0 Å². The minimum absolute atomic E-state index is 0.408. The van der Waals surface area contributed by atoms with Crippen LogP contribution in [0, 0.1) is 12.8 Å². The van der Waals surface area contributed by atoms with Gasteiger partial charge in [0.2, 0.25) is 5.88 Å². The van der Waals surface area contributed by atoms with Crippen molar-refractivity contribution in [3.63, 3.8) is 0 Å². The Morgan fingerprint density at radius 3 is 2.76 bits per heavy atom. The Morgan fingerprint density at radius 2 is 2.08 bits per heavy atom. The molecule has 0 radical (unpaired) electrons. The van der Waals surface area contributed by atoms with Crippen molar-refractivity contribution in [3.8, 4) is 5.88 Å². The molecule has 138 valence electrons. The number of aromatic nitrogens is 4. The molecule has 1 saturated heterocycles. The second kappa shape index (κ2) is 7.58. The monoisotopic (exact) mass is 346 g/mol. The Morgan fingerprint density at radius 1 is 1.28 bits per heavy atom. The molecule has 3 heterocycles. The molecule has 1 fully saturated rings. The van der Waals surface area contributed by atoms with Crippen molar-refractivity contribution in [1.82, 2.24) is 29.8 Å². The second-order valence-corrected chi connectivity index (χ2v) is 7.04. The summed E-state index contributed by atoms with van der Waals surface area (Å²) in [7, 11) is 7.88. The lowest BCUT2D eigenvalue weighted by atomic mass is 9.87. The maximum atomic E-state index is 5.49. The van der Waals surface area contributed by atoms with Crippen molar-refractivity contribution in [3.05, 3.63) is 29.2 Å². The first kappa shape index (κ1) is 17.9. The number of hydrogen-bond acceptors (Lipinski definition) is 5. The van der Waals surface area contributed by atoms with Crippen molar-refractivity contribution in [2.24, 2.45) is 20.0 Å². The van der Waals surface area contributed by atoms with Crippen LogP contribution in [-0.2, 0) is 20.6 Å². The largest absolute Gasteiger partial charge is 0.481 e. The summed E-state index contributed by atoms with van der Waals surface area (Å²) in [6, 6.07) is 2.55. The van der Waals surface area contributed by atoms with Crippen molar-refractivity contribution in [1.29, 1.82) is 0 Å². The van der Waals surface area contributed by atoms with Gasteiger partial charge in [-0.1, -0.05) is 0 Å². The lowest BCUT2D eigenvalue weighted by Gasteiger charge is -2.39. The van der Waals surface area contributed by atoms with Crippen molar-refractivity contribution in [2.75, 3.05) is 27.2 Å². The zero-order chi connectivity index (χ0) is 18.0. The minimum atomic E-state index is 0.408. The number of methoxy groups -OCH3 is 1. The molecule has 7 heteroatoms. The highest BCUT2D eigenvalue weighted by molar-refractivity contribution is 5.30. The van der Waals surface area contributed by atoms with E-state index in [9.17, 15) is 0 Å². The lowest BCUT2D eigenvalue weighted by molar-refractivity contribution is 0.112. The normalized spacial score (nSPS) is 21.6. The Kier molecular flexibility index (Phi) is 5.44. The molecule has 7 nitrogen and oxygen atoms in total. The SMILES string of the molecule is COc1c(CNC[C@@H]2CCCN(C)[C@H]2c2ccnn2C)c(C)nn1C. The van der Waals surface area contributed by atoms with Crippen LogP contribution in [0.5, 0.6) is 5.88 Å². The summed E-state index contributed by atoms with van der Waals surface area (Å²) in [5, 5.41) is 12.5. The third-order valence-electron chi connectivity index (χ3n) is 5.36. The molecule has 0 amide bonds. The van der Waals surface area contributed by atoms with E-state index in [1.807, 2.05) is 31.9 Å². The second-order valence-electron chi connectivity index (χ2n) is 7.04. The maximum Gasteiger partial charge on any atom is 0.216 e. The fraction of sp³-hybridized carbons (Fsp3) is 0.667. The fourth-order valence-electron chi connectivity index (χ4n) is 4.14. The minimum Gasteiger partial charge on any atom is -0.481 e. The summed E-state index contributed by atoms with van der Waals surface area (Å²) in [6.45, 7) is 4.92. The van der Waals surface area contributed by atoms with Gasteiger partial charge in [-0.3, -0.25) is 9.58 Å². The van der Waals surface area contributed by atoms with Gasteiger partial charge in [0.05, 0.1) is 30.1 Å². The third kappa shape index (κ3) is 3.57. The van der Waals surface area contributed by atoms with Crippen LogP contribution in [0.15, 0.2) is 12.3 Å². The molecule has 25 heavy (non-hydrogen) atoms. The Labute approximate surface area is 149 Å². The third-order valence-corrected chi connectivity index (χ3v) is 5.36. The molecule has 2 aromatic rings. The van der Waals surface area contributed by atoms with E-state index >= 15 is 0 Å². The highest BCUT2D eigenvalue weighted by atomic mass is 16.5. The molecule has 0 aliphatic carbocycles. The van der Waals surface area contributed by atoms with Crippen molar-refractivity contribution in [2.45, 2.75) is 32.4 Å². The van der Waals surface area contributed by atoms with Gasteiger partial charge < -0.3 is 10.1 Å². The van der Waals surface area contributed by atoms with E-state index in [0.717, 1.165) is 36.8 Å². The van der Waals surface area contributed by atoms with Crippen LogP contribution in [0.1, 0.15) is 35.8 Å². The van der Waals surface area contributed by atoms with Crippen molar-refractivity contribution >= 4 is 0 Å². The molecular weight excluding hydrogens is 316 g/mol. The number of piperidine rings is 1. The molecule has 1 N–H and O–H groups in total. The molecule has 0 spiro atoms. The Hall–Kier alpha value is -1.86. The van der Waals surface area contributed by atoms with Crippen LogP contribution in [0.4, 0.5) is 0 Å². The first-order valence-corrected chi connectivity index (χ1v) is 8.98. The van der Waals surface area contributed by atoms with Crippen LogP contribution in [0.2, 0.25) is 0 Å². The summed E-state index contributed by atoms with van der Waals surface area (Å²) in [6.07, 6.45) is 4.37. The summed E-state index contributed by atoms with van der Waals surface area (Å²) < 4.78 is 9.31. The number of nitrogens with zero attached hydrogens (tertiary/aromatic N) is 5. The molecule has 2 aromatic heterocycles. The van der Waals surface area contributed by atoms with E-state index in [1.54, 1.807) is 11.8 Å². The highest BCUT2D eigenvalue weighted by Crippen LogP contribution is 2.34. The molecule has 0 aromatic carbocycles. The van der Waals surface area contributed by atoms with Gasteiger partial charge in [-0.15, -0.1) is 0 Å².